The van der Waals surface area contributed by atoms with Crippen LogP contribution in [0, 0.1) is 0 Å². The molecule has 108 valence electrons. The average Bonchev–Trinajstić information content (AvgIpc) is 2.52. The molecule has 0 atom stereocenters. The Morgan fingerprint density at radius 2 is 1.76 bits per heavy atom. The van der Waals surface area contributed by atoms with Gasteiger partial charge in [0.1, 0.15) is 0 Å². The van der Waals surface area contributed by atoms with Crippen molar-refractivity contribution in [2.75, 3.05) is 0 Å². The number of aryl methyl sites for hydroxylation is 1. The van der Waals surface area contributed by atoms with Gasteiger partial charge in [-0.1, -0.05) is 58.4 Å². The lowest BCUT2D eigenvalue weighted by molar-refractivity contribution is -0.121. The molecule has 4 heteroatoms. The minimum Gasteiger partial charge on any atom is -0.273 e. The Balaban J connectivity index is 1.85. The summed E-state index contributed by atoms with van der Waals surface area (Å²) >= 11 is 3.39. The molecule has 0 spiro atoms. The standard InChI is InChI=1S/C17H17BrN2O/c1-13(15-8-10-16(18)11-9-15)19-20-17(21)12-7-14-5-3-2-4-6-14/h2-6,8-11H,7,12H2,1H3,(H,20,21)/b19-13+. The van der Waals surface area contributed by atoms with Gasteiger partial charge < -0.3 is 0 Å². The van der Waals surface area contributed by atoms with E-state index in [1.54, 1.807) is 0 Å². The highest BCUT2D eigenvalue weighted by Gasteiger charge is 2.02. The second-order valence-corrected chi connectivity index (χ2v) is 5.64. The lowest BCUT2D eigenvalue weighted by Gasteiger charge is -2.03. The number of carbonyl (C=O) groups is 1. The van der Waals surface area contributed by atoms with Crippen molar-refractivity contribution in [3.8, 4) is 0 Å². The summed E-state index contributed by atoms with van der Waals surface area (Å²) in [6.07, 6.45) is 1.15. The van der Waals surface area contributed by atoms with E-state index in [1.165, 1.54) is 0 Å². The van der Waals surface area contributed by atoms with Gasteiger partial charge in [-0.05, 0) is 36.6 Å². The minimum absolute atomic E-state index is 0.0738. The first-order valence-electron chi connectivity index (χ1n) is 6.78. The maximum atomic E-state index is 11.8. The predicted octanol–water partition coefficient (Wildman–Crippen LogP) is 3.92. The monoisotopic (exact) mass is 344 g/mol. The van der Waals surface area contributed by atoms with Crippen molar-refractivity contribution < 1.29 is 4.79 Å². The second-order valence-electron chi connectivity index (χ2n) is 4.72. The van der Waals surface area contributed by atoms with Crippen LogP contribution >= 0.6 is 15.9 Å². The molecule has 0 aliphatic carbocycles. The van der Waals surface area contributed by atoms with Crippen LogP contribution < -0.4 is 5.43 Å². The van der Waals surface area contributed by atoms with Crippen LogP contribution in [0.5, 0.6) is 0 Å². The highest BCUT2D eigenvalue weighted by molar-refractivity contribution is 9.10. The van der Waals surface area contributed by atoms with Gasteiger partial charge in [-0.2, -0.15) is 5.10 Å². The normalized spacial score (nSPS) is 11.2. The third-order valence-electron chi connectivity index (χ3n) is 3.09. The van der Waals surface area contributed by atoms with E-state index in [0.717, 1.165) is 27.7 Å². The van der Waals surface area contributed by atoms with Crippen molar-refractivity contribution in [2.24, 2.45) is 5.10 Å². The first kappa shape index (κ1) is 15.4. The molecule has 0 radical (unpaired) electrons. The zero-order valence-electron chi connectivity index (χ0n) is 11.8. The number of nitrogens with one attached hydrogen (secondary N) is 1. The third kappa shape index (κ3) is 5.16. The molecule has 0 heterocycles. The number of hydrogen-bond donors (Lipinski definition) is 1. The molecular weight excluding hydrogens is 328 g/mol. The molecule has 2 aromatic rings. The summed E-state index contributed by atoms with van der Waals surface area (Å²) in [5.74, 6) is -0.0738. The zero-order valence-corrected chi connectivity index (χ0v) is 13.4. The van der Waals surface area contributed by atoms with Crippen LogP contribution in [0.2, 0.25) is 0 Å². The summed E-state index contributed by atoms with van der Waals surface area (Å²) in [4.78, 5) is 11.8. The van der Waals surface area contributed by atoms with Crippen LogP contribution in [0.15, 0.2) is 64.2 Å². The van der Waals surface area contributed by atoms with Crippen molar-refractivity contribution in [1.29, 1.82) is 0 Å². The Kier molecular flexibility index (Phi) is 5.69. The molecule has 0 saturated carbocycles. The summed E-state index contributed by atoms with van der Waals surface area (Å²) in [7, 11) is 0. The van der Waals surface area contributed by atoms with E-state index in [4.69, 9.17) is 0 Å². The van der Waals surface area contributed by atoms with Crippen molar-refractivity contribution in [2.45, 2.75) is 19.8 Å². The van der Waals surface area contributed by atoms with Crippen LogP contribution in [0.25, 0.3) is 0 Å². The molecule has 2 rings (SSSR count). The molecule has 0 aliphatic heterocycles. The number of hydrazone groups is 1. The summed E-state index contributed by atoms with van der Waals surface area (Å²) in [5.41, 5.74) is 5.53. The number of nitrogens with zero attached hydrogens (tertiary/aromatic N) is 1. The first-order chi connectivity index (χ1) is 10.1. The second kappa shape index (κ2) is 7.74. The number of carbonyl (C=O) groups excluding carboxylic acids is 1. The van der Waals surface area contributed by atoms with Crippen LogP contribution in [-0.2, 0) is 11.2 Å². The Labute approximate surface area is 133 Å². The summed E-state index contributed by atoms with van der Waals surface area (Å²) in [5, 5.41) is 4.14. The highest BCUT2D eigenvalue weighted by atomic mass is 79.9. The molecule has 3 nitrogen and oxygen atoms in total. The highest BCUT2D eigenvalue weighted by Crippen LogP contribution is 2.11. The molecule has 0 saturated heterocycles. The number of amides is 1. The van der Waals surface area contributed by atoms with Crippen LogP contribution in [-0.4, -0.2) is 11.6 Å². The van der Waals surface area contributed by atoms with Crippen LogP contribution in [0.4, 0.5) is 0 Å². The van der Waals surface area contributed by atoms with Gasteiger partial charge >= 0.3 is 0 Å². The first-order valence-corrected chi connectivity index (χ1v) is 7.57. The number of hydrogen-bond acceptors (Lipinski definition) is 2. The Hall–Kier alpha value is -1.94. The quantitative estimate of drug-likeness (QED) is 0.648. The molecule has 0 aliphatic rings. The zero-order chi connectivity index (χ0) is 15.1. The van der Waals surface area contributed by atoms with Gasteiger partial charge in [0.25, 0.3) is 0 Å². The Morgan fingerprint density at radius 1 is 1.10 bits per heavy atom. The average molecular weight is 345 g/mol. The van der Waals surface area contributed by atoms with Crippen molar-refractivity contribution >= 4 is 27.5 Å². The van der Waals surface area contributed by atoms with Crippen molar-refractivity contribution in [3.63, 3.8) is 0 Å². The molecule has 0 fully saturated rings. The van der Waals surface area contributed by atoms with Gasteiger partial charge in [0.15, 0.2) is 0 Å². The smallest absolute Gasteiger partial charge is 0.240 e. The van der Waals surface area contributed by atoms with E-state index >= 15 is 0 Å². The molecule has 21 heavy (non-hydrogen) atoms. The van der Waals surface area contributed by atoms with Crippen LogP contribution in [0.3, 0.4) is 0 Å². The van der Waals surface area contributed by atoms with Gasteiger partial charge in [0.05, 0.1) is 5.71 Å². The topological polar surface area (TPSA) is 41.5 Å². The van der Waals surface area contributed by atoms with Gasteiger partial charge in [-0.3, -0.25) is 4.79 Å². The van der Waals surface area contributed by atoms with Gasteiger partial charge in [0, 0.05) is 10.9 Å². The minimum atomic E-state index is -0.0738. The number of halogens is 1. The van der Waals surface area contributed by atoms with Crippen molar-refractivity contribution in [1.82, 2.24) is 5.43 Å². The number of benzene rings is 2. The van der Waals surface area contributed by atoms with Gasteiger partial charge in [-0.25, -0.2) is 5.43 Å². The van der Waals surface area contributed by atoms with E-state index in [2.05, 4.69) is 26.5 Å². The summed E-state index contributed by atoms with van der Waals surface area (Å²) in [6.45, 7) is 1.88. The molecule has 0 bridgehead atoms. The molecule has 0 aromatic heterocycles. The SMILES string of the molecule is C/C(=N\NC(=O)CCc1ccccc1)c1ccc(Br)cc1. The van der Waals surface area contributed by atoms with Crippen molar-refractivity contribution in [3.05, 3.63) is 70.2 Å². The molecular formula is C17H17BrN2O. The fourth-order valence-electron chi connectivity index (χ4n) is 1.86. The summed E-state index contributed by atoms with van der Waals surface area (Å²) < 4.78 is 1.02. The molecule has 1 amide bonds. The van der Waals surface area contributed by atoms with E-state index in [0.29, 0.717) is 6.42 Å². The molecule has 1 N–H and O–H groups in total. The fraction of sp³-hybridized carbons (Fsp3) is 0.176. The van der Waals surface area contributed by atoms with Gasteiger partial charge in [-0.15, -0.1) is 0 Å². The van der Waals surface area contributed by atoms with Crippen LogP contribution in [0.1, 0.15) is 24.5 Å². The molecule has 0 unspecified atom stereocenters. The van der Waals surface area contributed by atoms with E-state index in [1.807, 2.05) is 61.5 Å². The number of rotatable bonds is 5. The van der Waals surface area contributed by atoms with E-state index < -0.39 is 0 Å². The Morgan fingerprint density at radius 3 is 2.43 bits per heavy atom. The van der Waals surface area contributed by atoms with Gasteiger partial charge in [0.2, 0.25) is 5.91 Å². The molecule has 2 aromatic carbocycles. The lowest BCUT2D eigenvalue weighted by atomic mass is 10.1. The third-order valence-corrected chi connectivity index (χ3v) is 3.62. The predicted molar refractivity (Wildman–Crippen MR) is 89.3 cm³/mol. The van der Waals surface area contributed by atoms with E-state index in [9.17, 15) is 4.79 Å². The maximum absolute atomic E-state index is 11.8. The maximum Gasteiger partial charge on any atom is 0.240 e. The summed E-state index contributed by atoms with van der Waals surface area (Å²) in [6, 6.07) is 17.8. The largest absolute Gasteiger partial charge is 0.273 e. The lowest BCUT2D eigenvalue weighted by Crippen LogP contribution is -2.19. The fourth-order valence-corrected chi connectivity index (χ4v) is 2.12. The Bertz CT molecular complexity index is 621. The van der Waals surface area contributed by atoms with E-state index in [-0.39, 0.29) is 5.91 Å².